The summed E-state index contributed by atoms with van der Waals surface area (Å²) in [6.45, 7) is 6.46. The van der Waals surface area contributed by atoms with Crippen LogP contribution in [-0.2, 0) is 4.74 Å². The highest BCUT2D eigenvalue weighted by atomic mass is 35.5. The number of nitrogens with one attached hydrogen (secondary N) is 1. The lowest BCUT2D eigenvalue weighted by molar-refractivity contribution is 0.0706. The maximum atomic E-state index is 12.5. The van der Waals surface area contributed by atoms with Gasteiger partial charge in [0.25, 0.3) is 5.91 Å². The molecule has 1 aromatic rings. The fourth-order valence-electron chi connectivity index (χ4n) is 1.73. The van der Waals surface area contributed by atoms with Crippen molar-refractivity contribution in [3.05, 3.63) is 22.8 Å². The molecule has 1 N–H and O–H groups in total. The lowest BCUT2D eigenvalue weighted by Crippen LogP contribution is -2.34. The van der Waals surface area contributed by atoms with E-state index in [4.69, 9.17) is 16.3 Å². The zero-order chi connectivity index (χ0) is 15.0. The molecule has 0 spiro atoms. The summed E-state index contributed by atoms with van der Waals surface area (Å²) in [5.41, 5.74) is 0.471. The highest BCUT2D eigenvalue weighted by Crippen LogP contribution is 2.20. The smallest absolute Gasteiger partial charge is 0.255 e. The van der Waals surface area contributed by atoms with E-state index in [0.717, 1.165) is 13.0 Å². The van der Waals surface area contributed by atoms with Crippen molar-refractivity contribution in [1.82, 2.24) is 9.88 Å². The summed E-state index contributed by atoms with van der Waals surface area (Å²) in [6.07, 6.45) is 2.50. The first-order valence-corrected chi connectivity index (χ1v) is 7.19. The molecule has 0 saturated carbocycles. The van der Waals surface area contributed by atoms with Crippen molar-refractivity contribution in [2.75, 3.05) is 38.7 Å². The van der Waals surface area contributed by atoms with Crippen molar-refractivity contribution in [3.8, 4) is 0 Å². The van der Waals surface area contributed by atoms with Gasteiger partial charge < -0.3 is 15.0 Å². The van der Waals surface area contributed by atoms with Crippen molar-refractivity contribution < 1.29 is 9.53 Å². The van der Waals surface area contributed by atoms with Gasteiger partial charge in [-0.25, -0.2) is 4.98 Å². The van der Waals surface area contributed by atoms with E-state index in [0.29, 0.717) is 36.1 Å². The second-order valence-electron chi connectivity index (χ2n) is 4.35. The molecule has 0 aliphatic heterocycles. The normalized spacial score (nSPS) is 10.4. The summed E-state index contributed by atoms with van der Waals surface area (Å²) in [6, 6.07) is 1.70. The maximum absolute atomic E-state index is 12.5. The standard InChI is InChI=1S/C14H22ClN3O2/c1-4-6-16-13-9-11(12(15)10-17-13)14(19)18(5-2)7-8-20-3/h9-10H,4-8H2,1-3H3,(H,16,17). The minimum Gasteiger partial charge on any atom is -0.383 e. The first kappa shape index (κ1) is 16.7. The van der Waals surface area contributed by atoms with E-state index in [1.807, 2.05) is 6.92 Å². The predicted molar refractivity (Wildman–Crippen MR) is 81.5 cm³/mol. The van der Waals surface area contributed by atoms with Crippen molar-refractivity contribution in [2.45, 2.75) is 20.3 Å². The van der Waals surface area contributed by atoms with Crippen LogP contribution in [-0.4, -0.2) is 49.1 Å². The molecule has 0 unspecified atom stereocenters. The molecule has 20 heavy (non-hydrogen) atoms. The third-order valence-electron chi connectivity index (χ3n) is 2.88. The molecule has 5 nitrogen and oxygen atoms in total. The van der Waals surface area contributed by atoms with E-state index in [1.165, 1.54) is 6.20 Å². The molecular weight excluding hydrogens is 278 g/mol. The molecule has 0 saturated heterocycles. The Kier molecular flexibility index (Phi) is 7.33. The van der Waals surface area contributed by atoms with Gasteiger partial charge in [0.1, 0.15) is 5.82 Å². The first-order valence-electron chi connectivity index (χ1n) is 6.81. The quantitative estimate of drug-likeness (QED) is 0.802. The van der Waals surface area contributed by atoms with Crippen LogP contribution in [0.25, 0.3) is 0 Å². The molecule has 0 fully saturated rings. The zero-order valence-corrected chi connectivity index (χ0v) is 13.0. The molecule has 0 aliphatic rings. The molecule has 1 rings (SSSR count). The number of rotatable bonds is 8. The number of nitrogens with zero attached hydrogens (tertiary/aromatic N) is 2. The highest BCUT2D eigenvalue weighted by Gasteiger charge is 2.18. The van der Waals surface area contributed by atoms with Crippen molar-refractivity contribution in [3.63, 3.8) is 0 Å². The molecule has 0 atom stereocenters. The lowest BCUT2D eigenvalue weighted by atomic mass is 10.2. The summed E-state index contributed by atoms with van der Waals surface area (Å²) < 4.78 is 5.02. The van der Waals surface area contributed by atoms with Crippen LogP contribution in [0.1, 0.15) is 30.6 Å². The van der Waals surface area contributed by atoms with Crippen LogP contribution < -0.4 is 5.32 Å². The summed E-state index contributed by atoms with van der Waals surface area (Å²) in [7, 11) is 1.62. The van der Waals surface area contributed by atoms with Crippen LogP contribution in [0.2, 0.25) is 5.02 Å². The SMILES string of the molecule is CCCNc1cc(C(=O)N(CC)CCOC)c(Cl)cn1. The predicted octanol–water partition coefficient (Wildman–Crippen LogP) is 2.67. The van der Waals surface area contributed by atoms with Gasteiger partial charge in [-0.1, -0.05) is 18.5 Å². The van der Waals surface area contributed by atoms with Crippen LogP contribution in [0.4, 0.5) is 5.82 Å². The molecule has 0 aliphatic carbocycles. The number of carbonyl (C=O) groups is 1. The number of amides is 1. The van der Waals surface area contributed by atoms with Crippen LogP contribution in [0.3, 0.4) is 0 Å². The number of pyridine rings is 1. The van der Waals surface area contributed by atoms with Crippen molar-refractivity contribution >= 4 is 23.3 Å². The van der Waals surface area contributed by atoms with Crippen molar-refractivity contribution in [2.24, 2.45) is 0 Å². The van der Waals surface area contributed by atoms with E-state index in [9.17, 15) is 4.79 Å². The number of likely N-dealkylation sites (N-methyl/N-ethyl adjacent to an activating group) is 1. The second-order valence-corrected chi connectivity index (χ2v) is 4.76. The van der Waals surface area contributed by atoms with Crippen LogP contribution in [0.5, 0.6) is 0 Å². The number of hydrogen-bond acceptors (Lipinski definition) is 4. The second kappa shape index (κ2) is 8.76. The Morgan fingerprint density at radius 2 is 2.25 bits per heavy atom. The average molecular weight is 300 g/mol. The average Bonchev–Trinajstić information content (AvgIpc) is 2.47. The Labute approximate surface area is 125 Å². The lowest BCUT2D eigenvalue weighted by Gasteiger charge is -2.21. The minimum absolute atomic E-state index is 0.100. The summed E-state index contributed by atoms with van der Waals surface area (Å²) >= 11 is 6.09. The summed E-state index contributed by atoms with van der Waals surface area (Å²) in [5, 5.41) is 3.52. The fraction of sp³-hybridized carbons (Fsp3) is 0.571. The van der Waals surface area contributed by atoms with E-state index in [1.54, 1.807) is 18.1 Å². The van der Waals surface area contributed by atoms with Gasteiger partial charge in [-0.2, -0.15) is 0 Å². The number of carbonyl (C=O) groups excluding carboxylic acids is 1. The van der Waals surface area contributed by atoms with Crippen LogP contribution in [0.15, 0.2) is 12.3 Å². The molecule has 1 heterocycles. The Morgan fingerprint density at radius 3 is 2.85 bits per heavy atom. The number of anilines is 1. The van der Waals surface area contributed by atoms with Crippen LogP contribution in [0, 0.1) is 0 Å². The molecule has 1 amide bonds. The molecule has 0 bridgehead atoms. The molecule has 0 aromatic carbocycles. The Balaban J connectivity index is 2.89. The summed E-state index contributed by atoms with van der Waals surface area (Å²) in [4.78, 5) is 18.3. The molecule has 6 heteroatoms. The van der Waals surface area contributed by atoms with E-state index < -0.39 is 0 Å². The van der Waals surface area contributed by atoms with Crippen molar-refractivity contribution in [1.29, 1.82) is 0 Å². The molecule has 0 radical (unpaired) electrons. The summed E-state index contributed by atoms with van der Waals surface area (Å²) in [5.74, 6) is 0.568. The molecule has 112 valence electrons. The number of hydrogen-bond donors (Lipinski definition) is 1. The van der Waals surface area contributed by atoms with Gasteiger partial charge in [0, 0.05) is 32.9 Å². The zero-order valence-electron chi connectivity index (χ0n) is 12.3. The Bertz CT molecular complexity index is 440. The van der Waals surface area contributed by atoms with Gasteiger partial charge in [-0.05, 0) is 19.4 Å². The number of halogens is 1. The largest absolute Gasteiger partial charge is 0.383 e. The number of methoxy groups -OCH3 is 1. The monoisotopic (exact) mass is 299 g/mol. The fourth-order valence-corrected chi connectivity index (χ4v) is 1.91. The molecular formula is C14H22ClN3O2. The van der Waals surface area contributed by atoms with E-state index in [-0.39, 0.29) is 5.91 Å². The van der Waals surface area contributed by atoms with Gasteiger partial charge in [-0.15, -0.1) is 0 Å². The third kappa shape index (κ3) is 4.65. The molecule has 1 aromatic heterocycles. The first-order chi connectivity index (χ1) is 9.63. The Morgan fingerprint density at radius 1 is 1.50 bits per heavy atom. The van der Waals surface area contributed by atoms with Gasteiger partial charge >= 0.3 is 0 Å². The maximum Gasteiger partial charge on any atom is 0.255 e. The highest BCUT2D eigenvalue weighted by molar-refractivity contribution is 6.33. The Hall–Kier alpha value is -1.33. The minimum atomic E-state index is -0.100. The van der Waals surface area contributed by atoms with Crippen LogP contribution >= 0.6 is 11.6 Å². The number of ether oxygens (including phenoxy) is 1. The van der Waals surface area contributed by atoms with Gasteiger partial charge in [-0.3, -0.25) is 4.79 Å². The third-order valence-corrected chi connectivity index (χ3v) is 3.18. The topological polar surface area (TPSA) is 54.5 Å². The van der Waals surface area contributed by atoms with Gasteiger partial charge in [0.2, 0.25) is 0 Å². The number of aromatic nitrogens is 1. The van der Waals surface area contributed by atoms with Gasteiger partial charge in [0.15, 0.2) is 0 Å². The van der Waals surface area contributed by atoms with E-state index in [2.05, 4.69) is 17.2 Å². The van der Waals surface area contributed by atoms with E-state index >= 15 is 0 Å². The van der Waals surface area contributed by atoms with Gasteiger partial charge in [0.05, 0.1) is 17.2 Å².